The Morgan fingerprint density at radius 2 is 2.40 bits per heavy atom. The van der Waals surface area contributed by atoms with E-state index in [0.717, 1.165) is 17.6 Å². The molecule has 0 radical (unpaired) electrons. The first-order valence-electron chi connectivity index (χ1n) is 6.33. The van der Waals surface area contributed by atoms with Gasteiger partial charge in [-0.2, -0.15) is 0 Å². The van der Waals surface area contributed by atoms with Crippen LogP contribution in [0.3, 0.4) is 0 Å². The number of carboxylic acid groups (broad SMARTS) is 1. The number of rotatable bonds is 7. The van der Waals surface area contributed by atoms with Crippen LogP contribution in [0.4, 0.5) is 0 Å². The number of aromatic nitrogens is 3. The van der Waals surface area contributed by atoms with Gasteiger partial charge in [-0.05, 0) is 18.6 Å². The number of nitrogens with zero attached hydrogens (tertiary/aromatic N) is 3. The number of aliphatic carboxylic acids is 1. The third-order valence-electron chi connectivity index (χ3n) is 2.94. The van der Waals surface area contributed by atoms with E-state index in [2.05, 4.69) is 16.9 Å². The van der Waals surface area contributed by atoms with Gasteiger partial charge in [0.2, 0.25) is 0 Å². The van der Waals surface area contributed by atoms with E-state index in [1.807, 2.05) is 16.7 Å². The van der Waals surface area contributed by atoms with Gasteiger partial charge in [0.25, 0.3) is 0 Å². The van der Waals surface area contributed by atoms with E-state index in [1.165, 1.54) is 11.8 Å². The summed E-state index contributed by atoms with van der Waals surface area (Å²) < 4.78 is 7.22. The normalized spacial score (nSPS) is 12.7. The van der Waals surface area contributed by atoms with Crippen LogP contribution in [0.5, 0.6) is 0 Å². The average Bonchev–Trinajstić information content (AvgIpc) is 2.81. The Labute approximate surface area is 121 Å². The molecule has 0 saturated carbocycles. The SMILES string of the molecule is CCC(COC)n1c(SCC(=O)O)nc2cccnc21. The predicted molar refractivity (Wildman–Crippen MR) is 77.1 cm³/mol. The minimum atomic E-state index is -0.860. The molecule has 1 unspecified atom stereocenters. The second-order valence-electron chi connectivity index (χ2n) is 4.31. The molecule has 1 N–H and O–H groups in total. The molecule has 0 aliphatic carbocycles. The molecule has 2 rings (SSSR count). The molecule has 0 fully saturated rings. The molecule has 20 heavy (non-hydrogen) atoms. The molecule has 0 aliphatic rings. The van der Waals surface area contributed by atoms with E-state index in [9.17, 15) is 4.79 Å². The van der Waals surface area contributed by atoms with Crippen molar-refractivity contribution in [2.45, 2.75) is 24.5 Å². The van der Waals surface area contributed by atoms with Crippen molar-refractivity contribution in [3.8, 4) is 0 Å². The summed E-state index contributed by atoms with van der Waals surface area (Å²) in [7, 11) is 1.65. The number of hydrogen-bond acceptors (Lipinski definition) is 5. The van der Waals surface area contributed by atoms with Crippen molar-refractivity contribution in [2.75, 3.05) is 19.5 Å². The molecule has 1 atom stereocenters. The van der Waals surface area contributed by atoms with E-state index < -0.39 is 5.97 Å². The van der Waals surface area contributed by atoms with E-state index in [1.54, 1.807) is 13.3 Å². The Bertz CT molecular complexity index is 600. The number of imidazole rings is 1. The third-order valence-corrected chi connectivity index (χ3v) is 3.87. The quantitative estimate of drug-likeness (QED) is 0.789. The van der Waals surface area contributed by atoms with Gasteiger partial charge in [0, 0.05) is 13.3 Å². The van der Waals surface area contributed by atoms with Crippen LogP contribution in [0, 0.1) is 0 Å². The van der Waals surface area contributed by atoms with Crippen LogP contribution in [0.1, 0.15) is 19.4 Å². The summed E-state index contributed by atoms with van der Waals surface area (Å²) in [5.41, 5.74) is 1.54. The van der Waals surface area contributed by atoms with Crippen molar-refractivity contribution in [2.24, 2.45) is 0 Å². The summed E-state index contributed by atoms with van der Waals surface area (Å²) in [4.78, 5) is 19.6. The maximum absolute atomic E-state index is 10.8. The van der Waals surface area contributed by atoms with E-state index in [-0.39, 0.29) is 11.8 Å². The zero-order valence-electron chi connectivity index (χ0n) is 11.4. The van der Waals surface area contributed by atoms with Gasteiger partial charge in [0.05, 0.1) is 18.4 Å². The first-order valence-corrected chi connectivity index (χ1v) is 7.32. The molecule has 7 heteroatoms. The topological polar surface area (TPSA) is 77.2 Å². The number of fused-ring (bicyclic) bond motifs is 1. The standard InChI is InChI=1S/C13H17N3O3S/c1-3-9(7-19-2)16-12-10(5-4-6-14-12)15-13(16)20-8-11(17)18/h4-6,9H,3,7-8H2,1-2H3,(H,17,18). The average molecular weight is 295 g/mol. The smallest absolute Gasteiger partial charge is 0.313 e. The zero-order chi connectivity index (χ0) is 14.5. The Morgan fingerprint density at radius 3 is 3.05 bits per heavy atom. The minimum Gasteiger partial charge on any atom is -0.481 e. The van der Waals surface area contributed by atoms with Crippen LogP contribution in [0.15, 0.2) is 23.5 Å². The van der Waals surface area contributed by atoms with E-state index in [0.29, 0.717) is 11.8 Å². The fourth-order valence-electron chi connectivity index (χ4n) is 2.03. The van der Waals surface area contributed by atoms with Gasteiger partial charge in [-0.25, -0.2) is 9.97 Å². The van der Waals surface area contributed by atoms with Crippen LogP contribution in [-0.4, -0.2) is 45.1 Å². The highest BCUT2D eigenvalue weighted by atomic mass is 32.2. The molecule has 0 saturated heterocycles. The van der Waals surface area contributed by atoms with Crippen LogP contribution in [0.25, 0.3) is 11.2 Å². The van der Waals surface area contributed by atoms with Crippen LogP contribution >= 0.6 is 11.8 Å². The molecule has 0 amide bonds. The van der Waals surface area contributed by atoms with Gasteiger partial charge < -0.3 is 9.84 Å². The van der Waals surface area contributed by atoms with E-state index in [4.69, 9.17) is 9.84 Å². The lowest BCUT2D eigenvalue weighted by Gasteiger charge is -2.18. The molecule has 0 aromatic carbocycles. The molecule has 6 nitrogen and oxygen atoms in total. The lowest BCUT2D eigenvalue weighted by atomic mass is 10.2. The molecule has 0 spiro atoms. The van der Waals surface area contributed by atoms with Gasteiger partial charge in [-0.1, -0.05) is 18.7 Å². The van der Waals surface area contributed by atoms with Crippen molar-refractivity contribution in [3.05, 3.63) is 18.3 Å². The van der Waals surface area contributed by atoms with Crippen LogP contribution < -0.4 is 0 Å². The number of thioether (sulfide) groups is 1. The Balaban J connectivity index is 2.45. The molecular formula is C13H17N3O3S. The first-order chi connectivity index (χ1) is 9.67. The molecule has 0 bridgehead atoms. The first kappa shape index (κ1) is 14.8. The summed E-state index contributed by atoms with van der Waals surface area (Å²) in [6.07, 6.45) is 2.57. The largest absolute Gasteiger partial charge is 0.481 e. The van der Waals surface area contributed by atoms with Crippen LogP contribution in [0.2, 0.25) is 0 Å². The fraction of sp³-hybridized carbons (Fsp3) is 0.462. The maximum atomic E-state index is 10.8. The van der Waals surface area contributed by atoms with Crippen molar-refractivity contribution < 1.29 is 14.6 Å². The summed E-state index contributed by atoms with van der Waals surface area (Å²) in [5.74, 6) is -0.881. The molecular weight excluding hydrogens is 278 g/mol. The second kappa shape index (κ2) is 6.71. The third kappa shape index (κ3) is 3.10. The fourth-order valence-corrected chi connectivity index (χ4v) is 2.82. The predicted octanol–water partition coefficient (Wildman–Crippen LogP) is 2.21. The highest BCUT2D eigenvalue weighted by Gasteiger charge is 2.19. The lowest BCUT2D eigenvalue weighted by Crippen LogP contribution is -2.15. The van der Waals surface area contributed by atoms with Gasteiger partial charge in [0.15, 0.2) is 10.8 Å². The van der Waals surface area contributed by atoms with Crippen molar-refractivity contribution in [3.63, 3.8) is 0 Å². The van der Waals surface area contributed by atoms with Gasteiger partial charge in [0.1, 0.15) is 5.52 Å². The highest BCUT2D eigenvalue weighted by Crippen LogP contribution is 2.28. The number of pyridine rings is 1. The Hall–Kier alpha value is -1.60. The monoisotopic (exact) mass is 295 g/mol. The Kier molecular flexibility index (Phi) is 4.97. The van der Waals surface area contributed by atoms with Crippen molar-refractivity contribution in [1.29, 1.82) is 0 Å². The van der Waals surface area contributed by atoms with E-state index >= 15 is 0 Å². The number of carboxylic acids is 1. The molecule has 2 aromatic heterocycles. The number of methoxy groups -OCH3 is 1. The summed E-state index contributed by atoms with van der Waals surface area (Å²) >= 11 is 1.21. The molecule has 2 aromatic rings. The zero-order valence-corrected chi connectivity index (χ0v) is 12.3. The van der Waals surface area contributed by atoms with Gasteiger partial charge >= 0.3 is 5.97 Å². The summed E-state index contributed by atoms with van der Waals surface area (Å²) in [6.45, 7) is 2.60. The molecule has 0 aliphatic heterocycles. The summed E-state index contributed by atoms with van der Waals surface area (Å²) in [6, 6.07) is 3.79. The minimum absolute atomic E-state index is 0.0211. The van der Waals surface area contributed by atoms with Crippen molar-refractivity contribution in [1.82, 2.24) is 14.5 Å². The number of ether oxygens (including phenoxy) is 1. The molecule has 2 heterocycles. The number of hydrogen-bond donors (Lipinski definition) is 1. The number of carbonyl (C=O) groups is 1. The van der Waals surface area contributed by atoms with Crippen LogP contribution in [-0.2, 0) is 9.53 Å². The summed E-state index contributed by atoms with van der Waals surface area (Å²) in [5, 5.41) is 9.51. The molecule has 108 valence electrons. The van der Waals surface area contributed by atoms with Gasteiger partial charge in [-0.3, -0.25) is 9.36 Å². The van der Waals surface area contributed by atoms with Crippen molar-refractivity contribution >= 4 is 28.9 Å². The maximum Gasteiger partial charge on any atom is 0.313 e. The Morgan fingerprint density at radius 1 is 1.60 bits per heavy atom. The van der Waals surface area contributed by atoms with Gasteiger partial charge in [-0.15, -0.1) is 0 Å². The lowest BCUT2D eigenvalue weighted by molar-refractivity contribution is -0.133. The second-order valence-corrected chi connectivity index (χ2v) is 5.25. The highest BCUT2D eigenvalue weighted by molar-refractivity contribution is 7.99.